The number of esters is 1. The Hall–Kier alpha value is -3.09. The van der Waals surface area contributed by atoms with Crippen molar-refractivity contribution in [2.24, 2.45) is 0 Å². The number of allylic oxidation sites excluding steroid dienone is 1. The van der Waals surface area contributed by atoms with Gasteiger partial charge in [0.2, 0.25) is 0 Å². The molecule has 2 N–H and O–H groups in total. The second kappa shape index (κ2) is 9.41. The number of carbonyl (C=O) groups is 3. The van der Waals surface area contributed by atoms with Crippen LogP contribution in [0.25, 0.3) is 6.08 Å². The van der Waals surface area contributed by atoms with Crippen LogP contribution in [0.3, 0.4) is 0 Å². The third-order valence-electron chi connectivity index (χ3n) is 5.11. The Morgan fingerprint density at radius 2 is 1.86 bits per heavy atom. The third-order valence-corrected chi connectivity index (χ3v) is 5.11. The van der Waals surface area contributed by atoms with Crippen LogP contribution in [-0.4, -0.2) is 37.5 Å². The molecule has 1 saturated carbocycles. The molecule has 0 unspecified atom stereocenters. The quantitative estimate of drug-likeness (QED) is 0.567. The molecule has 7 nitrogen and oxygen atoms in total. The molecule has 3 rings (SSSR count). The summed E-state index contributed by atoms with van der Waals surface area (Å²) in [6.07, 6.45) is 7.25. The first-order chi connectivity index (χ1) is 14.0. The molecule has 1 fully saturated rings. The summed E-state index contributed by atoms with van der Waals surface area (Å²) in [5.74, 6) is -0.463. The Bertz CT molecular complexity index is 848. The first kappa shape index (κ1) is 20.6. The predicted octanol–water partition coefficient (Wildman–Crippen LogP) is 2.47. The van der Waals surface area contributed by atoms with Crippen molar-refractivity contribution in [3.63, 3.8) is 0 Å². The van der Waals surface area contributed by atoms with Crippen molar-refractivity contribution in [3.8, 4) is 5.75 Å². The van der Waals surface area contributed by atoms with Gasteiger partial charge in [-0.3, -0.25) is 9.59 Å². The molecule has 0 atom stereocenters. The molecule has 0 saturated heterocycles. The summed E-state index contributed by atoms with van der Waals surface area (Å²) in [4.78, 5) is 36.1. The van der Waals surface area contributed by atoms with Gasteiger partial charge in [-0.2, -0.15) is 0 Å². The lowest BCUT2D eigenvalue weighted by Gasteiger charge is -2.22. The van der Waals surface area contributed by atoms with Crippen molar-refractivity contribution in [2.45, 2.75) is 45.1 Å². The molecule has 0 radical (unpaired) electrons. The second-order valence-corrected chi connectivity index (χ2v) is 7.26. The Morgan fingerprint density at radius 1 is 1.17 bits per heavy atom. The van der Waals surface area contributed by atoms with Gasteiger partial charge in [0.25, 0.3) is 11.8 Å². The van der Waals surface area contributed by atoms with Gasteiger partial charge in [0, 0.05) is 11.7 Å². The Labute approximate surface area is 170 Å². The number of nitrogens with one attached hydrogen (secondary N) is 2. The van der Waals surface area contributed by atoms with Gasteiger partial charge >= 0.3 is 5.97 Å². The lowest BCUT2D eigenvalue weighted by atomic mass is 9.95. The van der Waals surface area contributed by atoms with E-state index in [1.54, 1.807) is 37.3 Å². The Balaban J connectivity index is 1.59. The van der Waals surface area contributed by atoms with E-state index in [9.17, 15) is 14.4 Å². The molecule has 1 heterocycles. The standard InChI is InChI=1S/C22H26N2O5/c1-14-20(22(27)28-2)18(21(26)23-14)12-15-8-10-17(11-9-15)29-13-19(25)24-16-6-4-3-5-7-16/h8-12,16H,3-7,13H2,1-2H3,(H,23,26)(H,24,25)/b18-12-. The maximum Gasteiger partial charge on any atom is 0.340 e. The number of hydrogen-bond donors (Lipinski definition) is 2. The van der Waals surface area contributed by atoms with E-state index in [4.69, 9.17) is 9.47 Å². The van der Waals surface area contributed by atoms with Crippen LogP contribution in [0.5, 0.6) is 5.75 Å². The smallest absolute Gasteiger partial charge is 0.340 e. The highest BCUT2D eigenvalue weighted by atomic mass is 16.5. The van der Waals surface area contributed by atoms with E-state index < -0.39 is 5.97 Å². The van der Waals surface area contributed by atoms with E-state index in [0.717, 1.165) is 31.2 Å². The summed E-state index contributed by atoms with van der Waals surface area (Å²) in [7, 11) is 1.28. The summed E-state index contributed by atoms with van der Waals surface area (Å²) in [5, 5.41) is 5.64. The zero-order valence-electron chi connectivity index (χ0n) is 16.7. The van der Waals surface area contributed by atoms with Crippen LogP contribution in [0.4, 0.5) is 0 Å². The van der Waals surface area contributed by atoms with Gasteiger partial charge in [-0.25, -0.2) is 4.79 Å². The van der Waals surface area contributed by atoms with Crippen LogP contribution in [0.2, 0.25) is 0 Å². The minimum Gasteiger partial charge on any atom is -0.484 e. The fourth-order valence-corrected chi connectivity index (χ4v) is 3.61. The van der Waals surface area contributed by atoms with Crippen molar-refractivity contribution < 1.29 is 23.9 Å². The molecule has 0 bridgehead atoms. The van der Waals surface area contributed by atoms with Crippen LogP contribution < -0.4 is 15.4 Å². The Kier molecular flexibility index (Phi) is 6.69. The van der Waals surface area contributed by atoms with Gasteiger partial charge in [-0.05, 0) is 43.5 Å². The molecule has 1 aliphatic carbocycles. The van der Waals surface area contributed by atoms with Crippen LogP contribution in [-0.2, 0) is 19.1 Å². The predicted molar refractivity (Wildman–Crippen MR) is 108 cm³/mol. The van der Waals surface area contributed by atoms with Crippen molar-refractivity contribution in [2.75, 3.05) is 13.7 Å². The van der Waals surface area contributed by atoms with Gasteiger partial charge in [0.1, 0.15) is 5.75 Å². The second-order valence-electron chi connectivity index (χ2n) is 7.26. The van der Waals surface area contributed by atoms with Crippen molar-refractivity contribution in [1.82, 2.24) is 10.6 Å². The molecule has 2 aliphatic rings. The number of methoxy groups -OCH3 is 1. The van der Waals surface area contributed by atoms with Crippen LogP contribution in [0, 0.1) is 0 Å². The topological polar surface area (TPSA) is 93.7 Å². The van der Waals surface area contributed by atoms with Gasteiger partial charge in [0.05, 0.1) is 18.3 Å². The minimum atomic E-state index is -0.559. The minimum absolute atomic E-state index is 0.0340. The molecule has 1 aromatic carbocycles. The fourth-order valence-electron chi connectivity index (χ4n) is 3.61. The van der Waals surface area contributed by atoms with E-state index in [-0.39, 0.29) is 35.6 Å². The number of hydrogen-bond acceptors (Lipinski definition) is 5. The molecule has 1 aromatic rings. The van der Waals surface area contributed by atoms with E-state index >= 15 is 0 Å². The van der Waals surface area contributed by atoms with Crippen LogP contribution >= 0.6 is 0 Å². The maximum atomic E-state index is 12.1. The third kappa shape index (κ3) is 5.25. The van der Waals surface area contributed by atoms with Gasteiger partial charge in [-0.15, -0.1) is 0 Å². The largest absolute Gasteiger partial charge is 0.484 e. The normalized spacial score (nSPS) is 18.6. The summed E-state index contributed by atoms with van der Waals surface area (Å²) in [5.41, 5.74) is 1.69. The van der Waals surface area contributed by atoms with Crippen molar-refractivity contribution >= 4 is 23.9 Å². The molecule has 0 spiro atoms. The van der Waals surface area contributed by atoms with E-state index in [0.29, 0.717) is 11.4 Å². The number of amides is 2. The monoisotopic (exact) mass is 398 g/mol. The number of rotatable bonds is 6. The molecule has 29 heavy (non-hydrogen) atoms. The van der Waals surface area contributed by atoms with Crippen LogP contribution in [0.1, 0.15) is 44.6 Å². The van der Waals surface area contributed by atoms with E-state index in [1.165, 1.54) is 13.5 Å². The summed E-state index contributed by atoms with van der Waals surface area (Å²) in [6, 6.07) is 7.23. The van der Waals surface area contributed by atoms with Gasteiger partial charge < -0.3 is 20.1 Å². The maximum absolute atomic E-state index is 12.1. The first-order valence-corrected chi connectivity index (χ1v) is 9.82. The average Bonchev–Trinajstić information content (AvgIpc) is 3.00. The first-order valence-electron chi connectivity index (χ1n) is 9.82. The molecule has 7 heteroatoms. The lowest BCUT2D eigenvalue weighted by molar-refractivity contribution is -0.136. The highest BCUT2D eigenvalue weighted by Crippen LogP contribution is 2.25. The van der Waals surface area contributed by atoms with E-state index in [2.05, 4.69) is 10.6 Å². The summed E-state index contributed by atoms with van der Waals surface area (Å²) in [6.45, 7) is 1.62. The highest BCUT2D eigenvalue weighted by molar-refractivity contribution is 6.16. The van der Waals surface area contributed by atoms with Crippen LogP contribution in [0.15, 0.2) is 41.1 Å². The fraction of sp³-hybridized carbons (Fsp3) is 0.409. The SMILES string of the molecule is COC(=O)C1=C(C)NC(=O)/C1=C\c1ccc(OCC(=O)NC2CCCCC2)cc1. The van der Waals surface area contributed by atoms with E-state index in [1.807, 2.05) is 0 Å². The van der Waals surface area contributed by atoms with Crippen molar-refractivity contribution in [3.05, 3.63) is 46.7 Å². The number of benzene rings is 1. The zero-order chi connectivity index (χ0) is 20.8. The summed E-state index contributed by atoms with van der Waals surface area (Å²) >= 11 is 0. The van der Waals surface area contributed by atoms with Gasteiger partial charge in [-0.1, -0.05) is 31.4 Å². The van der Waals surface area contributed by atoms with Crippen molar-refractivity contribution in [1.29, 1.82) is 0 Å². The summed E-state index contributed by atoms with van der Waals surface area (Å²) < 4.78 is 10.3. The molecule has 2 amide bonds. The number of carbonyl (C=O) groups excluding carboxylic acids is 3. The lowest BCUT2D eigenvalue weighted by Crippen LogP contribution is -2.38. The highest BCUT2D eigenvalue weighted by Gasteiger charge is 2.30. The molecule has 154 valence electrons. The van der Waals surface area contributed by atoms with Gasteiger partial charge in [0.15, 0.2) is 6.61 Å². The molecular weight excluding hydrogens is 372 g/mol. The average molecular weight is 398 g/mol. The zero-order valence-corrected chi connectivity index (χ0v) is 16.7. The molecule has 1 aliphatic heterocycles. The number of ether oxygens (including phenoxy) is 2. The molecule has 0 aromatic heterocycles. The Morgan fingerprint density at radius 3 is 2.52 bits per heavy atom. The molecular formula is C22H26N2O5.